The van der Waals surface area contributed by atoms with Gasteiger partial charge in [-0.3, -0.25) is 5.10 Å². The first-order chi connectivity index (χ1) is 9.29. The predicted octanol–water partition coefficient (Wildman–Crippen LogP) is 0.701. The molecule has 0 radical (unpaired) electrons. The van der Waals surface area contributed by atoms with Crippen molar-refractivity contribution in [2.24, 2.45) is 0 Å². The van der Waals surface area contributed by atoms with Gasteiger partial charge in [0.2, 0.25) is 5.95 Å². The van der Waals surface area contributed by atoms with E-state index in [2.05, 4.69) is 25.1 Å². The molecule has 0 atom stereocenters. The molecule has 8 heteroatoms. The molecule has 0 spiro atoms. The second-order valence-electron chi connectivity index (χ2n) is 4.14. The van der Waals surface area contributed by atoms with Crippen LogP contribution in [0, 0.1) is 0 Å². The van der Waals surface area contributed by atoms with E-state index in [0.717, 1.165) is 11.0 Å². The van der Waals surface area contributed by atoms with Crippen molar-refractivity contribution < 1.29 is 9.47 Å². The van der Waals surface area contributed by atoms with Gasteiger partial charge in [-0.1, -0.05) is 0 Å². The second kappa shape index (κ2) is 3.61. The Bertz CT molecular complexity index is 719. The van der Waals surface area contributed by atoms with E-state index in [0.29, 0.717) is 36.4 Å². The number of nitrogens with one attached hydrogen (secondary N) is 2. The van der Waals surface area contributed by atoms with Crippen LogP contribution in [-0.4, -0.2) is 38.4 Å². The van der Waals surface area contributed by atoms with Crippen molar-refractivity contribution in [1.29, 1.82) is 0 Å². The smallest absolute Gasteiger partial charge is 0.239 e. The van der Waals surface area contributed by atoms with E-state index < -0.39 is 0 Å². The zero-order chi connectivity index (χ0) is 12.8. The zero-order valence-electron chi connectivity index (χ0n) is 9.80. The number of anilines is 1. The first-order valence-corrected chi connectivity index (χ1v) is 5.77. The van der Waals surface area contributed by atoms with Crippen LogP contribution in [0.2, 0.25) is 0 Å². The van der Waals surface area contributed by atoms with Crippen LogP contribution in [-0.2, 0) is 0 Å². The molecular formula is C11H10N6O2. The monoisotopic (exact) mass is 258 g/mol. The average molecular weight is 258 g/mol. The summed E-state index contributed by atoms with van der Waals surface area (Å²) in [6.07, 6.45) is 0. The van der Waals surface area contributed by atoms with E-state index in [-0.39, 0.29) is 5.95 Å². The number of nitrogens with two attached hydrogens (primary N) is 1. The number of imidazole rings is 1. The van der Waals surface area contributed by atoms with Crippen LogP contribution in [0.5, 0.6) is 11.5 Å². The summed E-state index contributed by atoms with van der Waals surface area (Å²) in [5.74, 6) is 2.66. The Labute approximate surface area is 107 Å². The van der Waals surface area contributed by atoms with Gasteiger partial charge in [-0.05, 0) is 0 Å². The normalized spacial score (nSPS) is 13.9. The number of hydrogen-bond donors (Lipinski definition) is 3. The number of aromatic amines is 2. The molecule has 0 saturated carbocycles. The lowest BCUT2D eigenvalue weighted by atomic mass is 10.2. The van der Waals surface area contributed by atoms with Gasteiger partial charge in [0.15, 0.2) is 23.1 Å². The number of benzene rings is 1. The number of aromatic nitrogens is 5. The maximum Gasteiger partial charge on any atom is 0.239 e. The van der Waals surface area contributed by atoms with Crippen LogP contribution < -0.4 is 15.2 Å². The fourth-order valence-electron chi connectivity index (χ4n) is 2.04. The molecule has 19 heavy (non-hydrogen) atoms. The highest BCUT2D eigenvalue weighted by atomic mass is 16.6. The molecule has 0 amide bonds. The summed E-state index contributed by atoms with van der Waals surface area (Å²) in [4.78, 5) is 11.6. The molecule has 0 unspecified atom stereocenters. The van der Waals surface area contributed by atoms with Crippen LogP contribution in [0.3, 0.4) is 0 Å². The lowest BCUT2D eigenvalue weighted by Gasteiger charge is -2.17. The summed E-state index contributed by atoms with van der Waals surface area (Å²) in [6, 6.07) is 3.70. The van der Waals surface area contributed by atoms with Gasteiger partial charge in [0.05, 0.1) is 11.0 Å². The molecule has 3 heterocycles. The van der Waals surface area contributed by atoms with Gasteiger partial charge in [-0.15, -0.1) is 5.10 Å². The average Bonchev–Trinajstić information content (AvgIpc) is 3.01. The molecule has 4 rings (SSSR count). The maximum atomic E-state index is 5.52. The third kappa shape index (κ3) is 1.57. The van der Waals surface area contributed by atoms with E-state index in [1.165, 1.54) is 0 Å². The van der Waals surface area contributed by atoms with E-state index in [1.54, 1.807) is 0 Å². The van der Waals surface area contributed by atoms with Gasteiger partial charge in [-0.2, -0.15) is 4.98 Å². The summed E-state index contributed by atoms with van der Waals surface area (Å²) >= 11 is 0. The van der Waals surface area contributed by atoms with E-state index >= 15 is 0 Å². The minimum atomic E-state index is 0.182. The minimum Gasteiger partial charge on any atom is -0.486 e. The number of fused-ring (bicyclic) bond motifs is 2. The van der Waals surface area contributed by atoms with Gasteiger partial charge in [0.1, 0.15) is 13.2 Å². The van der Waals surface area contributed by atoms with Gasteiger partial charge in [0.25, 0.3) is 0 Å². The standard InChI is InChI=1S/C11H10N6O2/c12-11-15-10(16-17-11)9-13-5-3-7-8(4-6(5)14-9)19-2-1-18-7/h3-4H,1-2H2,(H,13,14)(H3,12,15,16,17). The molecule has 0 fully saturated rings. The SMILES string of the molecule is Nc1n[nH]c(-c2nc3cc4c(cc3[nH]2)OCCO4)n1. The van der Waals surface area contributed by atoms with Crippen molar-refractivity contribution in [1.82, 2.24) is 25.1 Å². The van der Waals surface area contributed by atoms with Crippen molar-refractivity contribution >= 4 is 17.0 Å². The summed E-state index contributed by atoms with van der Waals surface area (Å²) in [6.45, 7) is 1.10. The highest BCUT2D eigenvalue weighted by molar-refractivity contribution is 5.82. The maximum absolute atomic E-state index is 5.52. The van der Waals surface area contributed by atoms with Crippen molar-refractivity contribution in [2.45, 2.75) is 0 Å². The molecule has 3 aromatic rings. The zero-order valence-corrected chi connectivity index (χ0v) is 9.80. The number of nitrogen functional groups attached to an aromatic ring is 1. The van der Waals surface area contributed by atoms with Crippen LogP contribution in [0.15, 0.2) is 12.1 Å². The van der Waals surface area contributed by atoms with Gasteiger partial charge in [-0.25, -0.2) is 4.98 Å². The molecule has 1 aromatic carbocycles. The van der Waals surface area contributed by atoms with Crippen molar-refractivity contribution in [3.05, 3.63) is 12.1 Å². The Morgan fingerprint density at radius 1 is 1.05 bits per heavy atom. The molecule has 1 aliphatic heterocycles. The predicted molar refractivity (Wildman–Crippen MR) is 66.9 cm³/mol. The van der Waals surface area contributed by atoms with Gasteiger partial charge in [0, 0.05) is 12.1 Å². The topological polar surface area (TPSA) is 115 Å². The quantitative estimate of drug-likeness (QED) is 0.592. The van der Waals surface area contributed by atoms with Crippen molar-refractivity contribution in [3.8, 4) is 23.1 Å². The Hall–Kier alpha value is -2.77. The molecule has 2 aromatic heterocycles. The minimum absolute atomic E-state index is 0.182. The summed E-state index contributed by atoms with van der Waals surface area (Å²) in [5, 5.41) is 6.48. The molecule has 4 N–H and O–H groups in total. The van der Waals surface area contributed by atoms with Crippen LogP contribution in [0.25, 0.3) is 22.7 Å². The van der Waals surface area contributed by atoms with Gasteiger partial charge >= 0.3 is 0 Å². The van der Waals surface area contributed by atoms with E-state index in [1.807, 2.05) is 12.1 Å². The first-order valence-electron chi connectivity index (χ1n) is 5.77. The Morgan fingerprint density at radius 2 is 1.84 bits per heavy atom. The number of ether oxygens (including phenoxy) is 2. The Balaban J connectivity index is 1.87. The van der Waals surface area contributed by atoms with Crippen LogP contribution in [0.1, 0.15) is 0 Å². The highest BCUT2D eigenvalue weighted by Crippen LogP contribution is 2.34. The fourth-order valence-corrected chi connectivity index (χ4v) is 2.04. The number of rotatable bonds is 1. The van der Waals surface area contributed by atoms with E-state index in [9.17, 15) is 0 Å². The molecule has 1 aliphatic rings. The third-order valence-electron chi connectivity index (χ3n) is 2.87. The lowest BCUT2D eigenvalue weighted by molar-refractivity contribution is 0.172. The van der Waals surface area contributed by atoms with Crippen molar-refractivity contribution in [2.75, 3.05) is 18.9 Å². The summed E-state index contributed by atoms with van der Waals surface area (Å²) in [5.41, 5.74) is 7.09. The summed E-state index contributed by atoms with van der Waals surface area (Å²) in [7, 11) is 0. The third-order valence-corrected chi connectivity index (χ3v) is 2.87. The lowest BCUT2D eigenvalue weighted by Crippen LogP contribution is -2.15. The molecule has 8 nitrogen and oxygen atoms in total. The molecule has 0 aliphatic carbocycles. The Morgan fingerprint density at radius 3 is 2.58 bits per heavy atom. The van der Waals surface area contributed by atoms with Gasteiger partial charge < -0.3 is 20.2 Å². The highest BCUT2D eigenvalue weighted by Gasteiger charge is 2.16. The van der Waals surface area contributed by atoms with E-state index in [4.69, 9.17) is 15.2 Å². The molecule has 0 saturated heterocycles. The van der Waals surface area contributed by atoms with Crippen LogP contribution in [0.4, 0.5) is 5.95 Å². The number of nitrogens with zero attached hydrogens (tertiary/aromatic N) is 3. The first kappa shape index (κ1) is 10.2. The van der Waals surface area contributed by atoms with Crippen LogP contribution >= 0.6 is 0 Å². The van der Waals surface area contributed by atoms with Crippen molar-refractivity contribution in [3.63, 3.8) is 0 Å². The fraction of sp³-hybridized carbons (Fsp3) is 0.182. The molecule has 0 bridgehead atoms. The second-order valence-corrected chi connectivity index (χ2v) is 4.14. The molecule has 96 valence electrons. The number of H-pyrrole nitrogens is 2. The summed E-state index contributed by atoms with van der Waals surface area (Å²) < 4.78 is 11.0. The molecular weight excluding hydrogens is 248 g/mol. The largest absolute Gasteiger partial charge is 0.486 e. The Kier molecular flexibility index (Phi) is 1.93. The number of hydrogen-bond acceptors (Lipinski definition) is 6.